The predicted molar refractivity (Wildman–Crippen MR) is 95.4 cm³/mol. The molecule has 2 aromatic rings. The molecule has 0 N–H and O–H groups in total. The third-order valence-corrected chi connectivity index (χ3v) is 4.73. The lowest BCUT2D eigenvalue weighted by molar-refractivity contribution is -0.141. The molecule has 1 saturated heterocycles. The Morgan fingerprint density at radius 3 is 2.54 bits per heavy atom. The van der Waals surface area contributed by atoms with Gasteiger partial charge in [-0.2, -0.15) is 5.10 Å². The molecule has 1 aliphatic rings. The number of likely N-dealkylation sites (tertiary alicyclic amines) is 1. The monoisotopic (exact) mass is 356 g/mol. The minimum absolute atomic E-state index is 0.118. The second kappa shape index (κ2) is 8.12. The van der Waals surface area contributed by atoms with Crippen molar-refractivity contribution in [2.75, 3.05) is 13.1 Å². The summed E-state index contributed by atoms with van der Waals surface area (Å²) in [7, 11) is 0. The molecule has 1 aromatic carbocycles. The average Bonchev–Trinajstić information content (AvgIpc) is 3.15. The largest absolute Gasteiger partial charge is 0.449 e. The standard InChI is InChI=1S/C19H24N4O3/c1-14-7-9-22(10-8-14)18(24)15(2)26-19(25)17-5-3-16(4-6-17)11-23-13-20-12-21-23/h3-6,12-15H,7-11H2,1-2H3/t15-/m0/s1. The summed E-state index contributed by atoms with van der Waals surface area (Å²) in [6, 6.07) is 7.09. The van der Waals surface area contributed by atoms with E-state index in [-0.39, 0.29) is 5.91 Å². The Hall–Kier alpha value is -2.70. The number of carbonyl (C=O) groups is 2. The molecular formula is C19H24N4O3. The molecule has 26 heavy (non-hydrogen) atoms. The van der Waals surface area contributed by atoms with Gasteiger partial charge >= 0.3 is 5.97 Å². The number of nitrogens with zero attached hydrogens (tertiary/aromatic N) is 4. The molecule has 0 unspecified atom stereocenters. The minimum Gasteiger partial charge on any atom is -0.449 e. The van der Waals surface area contributed by atoms with E-state index in [1.807, 2.05) is 12.1 Å². The normalized spacial score (nSPS) is 16.3. The predicted octanol–water partition coefficient (Wildman–Crippen LogP) is 2.13. The molecule has 7 heteroatoms. The van der Waals surface area contributed by atoms with Crippen LogP contribution in [-0.4, -0.2) is 50.7 Å². The molecule has 0 radical (unpaired) electrons. The van der Waals surface area contributed by atoms with Crippen LogP contribution in [0.5, 0.6) is 0 Å². The summed E-state index contributed by atoms with van der Waals surface area (Å²) in [5.41, 5.74) is 1.43. The summed E-state index contributed by atoms with van der Waals surface area (Å²) >= 11 is 0. The highest BCUT2D eigenvalue weighted by molar-refractivity contribution is 5.92. The quantitative estimate of drug-likeness (QED) is 0.767. The highest BCUT2D eigenvalue weighted by atomic mass is 16.5. The van der Waals surface area contributed by atoms with Gasteiger partial charge in [-0.3, -0.25) is 4.79 Å². The fourth-order valence-corrected chi connectivity index (χ4v) is 3.01. The smallest absolute Gasteiger partial charge is 0.338 e. The molecule has 138 valence electrons. The van der Waals surface area contributed by atoms with Crippen LogP contribution in [0.15, 0.2) is 36.9 Å². The molecule has 0 aliphatic carbocycles. The molecule has 1 aliphatic heterocycles. The number of hydrogen-bond donors (Lipinski definition) is 0. The van der Waals surface area contributed by atoms with Crippen molar-refractivity contribution in [2.24, 2.45) is 5.92 Å². The van der Waals surface area contributed by atoms with E-state index in [4.69, 9.17) is 4.74 Å². The zero-order valence-corrected chi connectivity index (χ0v) is 15.2. The van der Waals surface area contributed by atoms with Crippen LogP contribution in [-0.2, 0) is 16.1 Å². The second-order valence-electron chi connectivity index (χ2n) is 6.85. The molecule has 2 heterocycles. The summed E-state index contributed by atoms with van der Waals surface area (Å²) < 4.78 is 7.07. The first-order valence-corrected chi connectivity index (χ1v) is 8.94. The topological polar surface area (TPSA) is 77.3 Å². The number of carbonyl (C=O) groups excluding carboxylic acids is 2. The number of piperidine rings is 1. The number of benzene rings is 1. The van der Waals surface area contributed by atoms with E-state index in [0.29, 0.717) is 18.0 Å². The van der Waals surface area contributed by atoms with Gasteiger partial charge in [0.05, 0.1) is 12.1 Å². The fraction of sp³-hybridized carbons (Fsp3) is 0.474. The molecular weight excluding hydrogens is 332 g/mol. The maximum atomic E-state index is 12.4. The van der Waals surface area contributed by atoms with Gasteiger partial charge in [-0.15, -0.1) is 0 Å². The zero-order valence-electron chi connectivity index (χ0n) is 15.2. The lowest BCUT2D eigenvalue weighted by atomic mass is 9.99. The number of aromatic nitrogens is 3. The highest BCUT2D eigenvalue weighted by Gasteiger charge is 2.27. The van der Waals surface area contributed by atoms with Crippen molar-refractivity contribution in [3.8, 4) is 0 Å². The Balaban J connectivity index is 1.54. The maximum absolute atomic E-state index is 12.4. The van der Waals surface area contributed by atoms with Crippen LogP contribution in [0, 0.1) is 5.92 Å². The van der Waals surface area contributed by atoms with Crippen molar-refractivity contribution in [1.82, 2.24) is 19.7 Å². The van der Waals surface area contributed by atoms with E-state index >= 15 is 0 Å². The number of rotatable bonds is 5. The van der Waals surface area contributed by atoms with Crippen LogP contribution in [0.4, 0.5) is 0 Å². The Morgan fingerprint density at radius 1 is 1.23 bits per heavy atom. The van der Waals surface area contributed by atoms with Crippen molar-refractivity contribution in [2.45, 2.75) is 39.3 Å². The van der Waals surface area contributed by atoms with E-state index in [2.05, 4.69) is 17.0 Å². The molecule has 1 aromatic heterocycles. The van der Waals surface area contributed by atoms with Crippen molar-refractivity contribution in [3.63, 3.8) is 0 Å². The van der Waals surface area contributed by atoms with Crippen LogP contribution < -0.4 is 0 Å². The first kappa shape index (κ1) is 18.1. The van der Waals surface area contributed by atoms with Gasteiger partial charge in [-0.25, -0.2) is 14.5 Å². The summed E-state index contributed by atoms with van der Waals surface area (Å²) in [5, 5.41) is 4.05. The van der Waals surface area contributed by atoms with E-state index in [1.165, 1.54) is 6.33 Å². The number of esters is 1. The highest BCUT2D eigenvalue weighted by Crippen LogP contribution is 2.17. The van der Waals surface area contributed by atoms with Gasteiger partial charge in [-0.05, 0) is 43.4 Å². The zero-order chi connectivity index (χ0) is 18.5. The van der Waals surface area contributed by atoms with Gasteiger partial charge in [0.25, 0.3) is 5.91 Å². The molecule has 0 bridgehead atoms. The second-order valence-corrected chi connectivity index (χ2v) is 6.85. The SMILES string of the molecule is CC1CCN(C(=O)[C@H](C)OC(=O)c2ccc(Cn3cncn3)cc2)CC1. The van der Waals surface area contributed by atoms with Gasteiger partial charge in [0, 0.05) is 13.1 Å². The summed E-state index contributed by atoms with van der Waals surface area (Å²) in [5.74, 6) is 0.0459. The number of amides is 1. The lowest BCUT2D eigenvalue weighted by Gasteiger charge is -2.31. The van der Waals surface area contributed by atoms with Crippen LogP contribution in [0.2, 0.25) is 0 Å². The number of hydrogen-bond acceptors (Lipinski definition) is 5. The van der Waals surface area contributed by atoms with E-state index < -0.39 is 12.1 Å². The molecule has 1 fully saturated rings. The van der Waals surface area contributed by atoms with Gasteiger partial charge < -0.3 is 9.64 Å². The fourth-order valence-electron chi connectivity index (χ4n) is 3.01. The summed E-state index contributed by atoms with van der Waals surface area (Å²) in [6.07, 6.45) is 4.34. The van der Waals surface area contributed by atoms with Crippen LogP contribution in [0.25, 0.3) is 0 Å². The maximum Gasteiger partial charge on any atom is 0.338 e. The lowest BCUT2D eigenvalue weighted by Crippen LogP contribution is -2.44. The average molecular weight is 356 g/mol. The molecule has 1 atom stereocenters. The van der Waals surface area contributed by atoms with Crippen molar-refractivity contribution >= 4 is 11.9 Å². The molecule has 7 nitrogen and oxygen atoms in total. The first-order valence-electron chi connectivity index (χ1n) is 8.94. The Kier molecular flexibility index (Phi) is 5.65. The summed E-state index contributed by atoms with van der Waals surface area (Å²) in [4.78, 5) is 30.4. The van der Waals surface area contributed by atoms with E-state index in [9.17, 15) is 9.59 Å². The molecule has 1 amide bonds. The molecule has 0 saturated carbocycles. The Morgan fingerprint density at radius 2 is 1.92 bits per heavy atom. The van der Waals surface area contributed by atoms with Crippen LogP contribution >= 0.6 is 0 Å². The van der Waals surface area contributed by atoms with Crippen LogP contribution in [0.3, 0.4) is 0 Å². The molecule has 3 rings (SSSR count). The van der Waals surface area contributed by atoms with E-state index in [0.717, 1.165) is 31.5 Å². The van der Waals surface area contributed by atoms with Crippen molar-refractivity contribution in [3.05, 3.63) is 48.0 Å². The van der Waals surface area contributed by atoms with Crippen LogP contribution in [0.1, 0.15) is 42.6 Å². The molecule has 0 spiro atoms. The van der Waals surface area contributed by atoms with Crippen molar-refractivity contribution < 1.29 is 14.3 Å². The van der Waals surface area contributed by atoms with Gasteiger partial charge in [-0.1, -0.05) is 19.1 Å². The first-order chi connectivity index (χ1) is 12.5. The minimum atomic E-state index is -0.772. The van der Waals surface area contributed by atoms with Gasteiger partial charge in [0.15, 0.2) is 6.10 Å². The Labute approximate surface area is 153 Å². The number of ether oxygens (including phenoxy) is 1. The Bertz CT molecular complexity index is 735. The third-order valence-electron chi connectivity index (χ3n) is 4.73. The summed E-state index contributed by atoms with van der Waals surface area (Å²) in [6.45, 7) is 5.88. The van der Waals surface area contributed by atoms with Gasteiger partial charge in [0.1, 0.15) is 12.7 Å². The third kappa shape index (κ3) is 4.47. The van der Waals surface area contributed by atoms with Crippen molar-refractivity contribution in [1.29, 1.82) is 0 Å². The van der Waals surface area contributed by atoms with E-state index in [1.54, 1.807) is 35.0 Å². The van der Waals surface area contributed by atoms with Gasteiger partial charge in [0.2, 0.25) is 0 Å².